The van der Waals surface area contributed by atoms with Crippen molar-refractivity contribution in [2.75, 3.05) is 5.73 Å². The second kappa shape index (κ2) is 5.09. The van der Waals surface area contributed by atoms with Gasteiger partial charge in [0.2, 0.25) is 0 Å². The highest BCUT2D eigenvalue weighted by Crippen LogP contribution is 2.13. The minimum absolute atomic E-state index is 0.138. The van der Waals surface area contributed by atoms with Crippen molar-refractivity contribution in [1.29, 1.82) is 0 Å². The molecule has 0 aliphatic rings. The number of anilines is 1. The van der Waals surface area contributed by atoms with Crippen LogP contribution in [0.3, 0.4) is 0 Å². The number of carbonyl (C=O) groups excluding carboxylic acids is 1. The van der Waals surface area contributed by atoms with Crippen molar-refractivity contribution in [3.63, 3.8) is 0 Å². The van der Waals surface area contributed by atoms with Gasteiger partial charge in [-0.3, -0.25) is 0 Å². The number of hydrogen-bond acceptors (Lipinski definition) is 3. The van der Waals surface area contributed by atoms with Gasteiger partial charge in [0.05, 0.1) is 5.69 Å². The number of nitrogen functional groups attached to an aromatic ring is 1. The molecule has 100 valence electrons. The Hall–Kier alpha value is -2.37. The molecule has 1 aromatic heterocycles. The lowest BCUT2D eigenvalue weighted by molar-refractivity contribution is 0.0461. The predicted molar refractivity (Wildman–Crippen MR) is 65.3 cm³/mol. The Morgan fingerprint density at radius 2 is 2.05 bits per heavy atom. The molecule has 0 spiro atoms. The average Bonchev–Trinajstić information content (AvgIpc) is 2.70. The number of benzene rings is 1. The second-order valence-corrected chi connectivity index (χ2v) is 4.09. The number of nitrogens with zero attached hydrogens (tertiary/aromatic N) is 1. The predicted octanol–water partition coefficient (Wildman–Crippen LogP) is 2.24. The van der Waals surface area contributed by atoms with Gasteiger partial charge in [-0.25, -0.2) is 13.6 Å². The Kier molecular flexibility index (Phi) is 3.50. The SMILES string of the molecule is Cn1cc(N)cc1C(=O)OCc1ccc(F)c(F)c1. The van der Waals surface area contributed by atoms with Crippen LogP contribution in [0.25, 0.3) is 0 Å². The van der Waals surface area contributed by atoms with E-state index in [0.29, 0.717) is 16.9 Å². The van der Waals surface area contributed by atoms with Gasteiger partial charge in [0, 0.05) is 13.2 Å². The molecule has 0 aliphatic heterocycles. The third kappa shape index (κ3) is 2.90. The van der Waals surface area contributed by atoms with Gasteiger partial charge >= 0.3 is 5.97 Å². The van der Waals surface area contributed by atoms with Crippen molar-refractivity contribution >= 4 is 11.7 Å². The Balaban J connectivity index is 2.04. The van der Waals surface area contributed by atoms with Crippen LogP contribution in [-0.4, -0.2) is 10.5 Å². The minimum atomic E-state index is -0.975. The molecule has 0 radical (unpaired) electrons. The van der Waals surface area contributed by atoms with Gasteiger partial charge < -0.3 is 15.0 Å². The molecule has 0 saturated carbocycles. The van der Waals surface area contributed by atoms with Crippen molar-refractivity contribution in [2.45, 2.75) is 6.61 Å². The number of halogens is 2. The molecule has 0 aliphatic carbocycles. The minimum Gasteiger partial charge on any atom is -0.456 e. The third-order valence-electron chi connectivity index (χ3n) is 2.59. The molecule has 0 fully saturated rings. The summed E-state index contributed by atoms with van der Waals surface area (Å²) in [7, 11) is 1.66. The number of esters is 1. The highest BCUT2D eigenvalue weighted by Gasteiger charge is 2.13. The van der Waals surface area contributed by atoms with Crippen LogP contribution < -0.4 is 5.73 Å². The molecule has 6 heteroatoms. The number of ether oxygens (including phenoxy) is 1. The van der Waals surface area contributed by atoms with E-state index in [9.17, 15) is 13.6 Å². The van der Waals surface area contributed by atoms with E-state index in [-0.39, 0.29) is 6.61 Å². The van der Waals surface area contributed by atoms with E-state index in [1.165, 1.54) is 16.7 Å². The van der Waals surface area contributed by atoms with Crippen LogP contribution in [0.2, 0.25) is 0 Å². The molecule has 2 N–H and O–H groups in total. The van der Waals surface area contributed by atoms with Crippen molar-refractivity contribution in [1.82, 2.24) is 4.57 Å². The largest absolute Gasteiger partial charge is 0.456 e. The number of nitrogens with two attached hydrogens (primary N) is 1. The molecule has 19 heavy (non-hydrogen) atoms. The summed E-state index contributed by atoms with van der Waals surface area (Å²) in [6, 6.07) is 4.81. The molecule has 2 aromatic rings. The summed E-state index contributed by atoms with van der Waals surface area (Å²) >= 11 is 0. The Morgan fingerprint density at radius 1 is 1.32 bits per heavy atom. The van der Waals surface area contributed by atoms with E-state index < -0.39 is 17.6 Å². The zero-order chi connectivity index (χ0) is 14.0. The zero-order valence-electron chi connectivity index (χ0n) is 10.2. The van der Waals surface area contributed by atoms with Crippen molar-refractivity contribution in [3.05, 3.63) is 53.4 Å². The standard InChI is InChI=1S/C13H12F2N2O2/c1-17-6-9(16)5-12(17)13(18)19-7-8-2-3-10(14)11(15)4-8/h2-6H,7,16H2,1H3. The second-order valence-electron chi connectivity index (χ2n) is 4.09. The Morgan fingerprint density at radius 3 is 2.63 bits per heavy atom. The lowest BCUT2D eigenvalue weighted by Gasteiger charge is -2.06. The lowest BCUT2D eigenvalue weighted by atomic mass is 10.2. The van der Waals surface area contributed by atoms with E-state index in [1.54, 1.807) is 13.2 Å². The average molecular weight is 266 g/mol. The Bertz CT molecular complexity index is 623. The summed E-state index contributed by atoms with van der Waals surface area (Å²) in [5.74, 6) is -2.49. The van der Waals surface area contributed by atoms with Gasteiger partial charge in [-0.1, -0.05) is 6.07 Å². The molecule has 0 unspecified atom stereocenters. The van der Waals surface area contributed by atoms with Gasteiger partial charge in [-0.05, 0) is 23.8 Å². The number of aryl methyl sites for hydroxylation is 1. The number of rotatable bonds is 3. The van der Waals surface area contributed by atoms with Crippen LogP contribution in [0, 0.1) is 11.6 Å². The third-order valence-corrected chi connectivity index (χ3v) is 2.59. The molecule has 1 aromatic carbocycles. The van der Waals surface area contributed by atoms with Crippen LogP contribution in [0.4, 0.5) is 14.5 Å². The van der Waals surface area contributed by atoms with E-state index in [1.807, 2.05) is 0 Å². The first-order valence-corrected chi connectivity index (χ1v) is 5.50. The summed E-state index contributed by atoms with van der Waals surface area (Å²) < 4.78 is 32.2. The molecule has 0 saturated heterocycles. The van der Waals surface area contributed by atoms with E-state index in [0.717, 1.165) is 12.1 Å². The summed E-state index contributed by atoms with van der Waals surface area (Å²) in [6.07, 6.45) is 1.58. The quantitative estimate of drug-likeness (QED) is 0.867. The van der Waals surface area contributed by atoms with Crippen LogP contribution in [0.15, 0.2) is 30.5 Å². The van der Waals surface area contributed by atoms with Crippen LogP contribution in [0.5, 0.6) is 0 Å². The maximum atomic E-state index is 13.0. The maximum absolute atomic E-state index is 13.0. The number of aromatic nitrogens is 1. The summed E-state index contributed by atoms with van der Waals surface area (Å²) in [5.41, 5.74) is 6.65. The Labute approximate surface area is 108 Å². The number of hydrogen-bond donors (Lipinski definition) is 1. The molecule has 0 bridgehead atoms. The van der Waals surface area contributed by atoms with E-state index >= 15 is 0 Å². The van der Waals surface area contributed by atoms with Gasteiger partial charge in [-0.2, -0.15) is 0 Å². The highest BCUT2D eigenvalue weighted by atomic mass is 19.2. The molecule has 4 nitrogen and oxygen atoms in total. The summed E-state index contributed by atoms with van der Waals surface area (Å²) in [4.78, 5) is 11.7. The molecule has 1 heterocycles. The normalized spacial score (nSPS) is 10.5. The van der Waals surface area contributed by atoms with Gasteiger partial charge in [0.1, 0.15) is 12.3 Å². The summed E-state index contributed by atoms with van der Waals surface area (Å²) in [5, 5.41) is 0. The van der Waals surface area contributed by atoms with E-state index in [4.69, 9.17) is 10.5 Å². The number of carbonyl (C=O) groups is 1. The van der Waals surface area contributed by atoms with E-state index in [2.05, 4.69) is 0 Å². The molecular weight excluding hydrogens is 254 g/mol. The van der Waals surface area contributed by atoms with Crippen LogP contribution in [0.1, 0.15) is 16.1 Å². The summed E-state index contributed by atoms with van der Waals surface area (Å²) in [6.45, 7) is -0.138. The fraction of sp³-hybridized carbons (Fsp3) is 0.154. The molecule has 0 atom stereocenters. The molecule has 0 amide bonds. The van der Waals surface area contributed by atoms with Gasteiger partial charge in [-0.15, -0.1) is 0 Å². The smallest absolute Gasteiger partial charge is 0.355 e. The van der Waals surface area contributed by atoms with Crippen molar-refractivity contribution < 1.29 is 18.3 Å². The topological polar surface area (TPSA) is 57.2 Å². The zero-order valence-corrected chi connectivity index (χ0v) is 10.2. The first kappa shape index (κ1) is 13.1. The molecule has 2 rings (SSSR count). The van der Waals surface area contributed by atoms with Gasteiger partial charge in [0.15, 0.2) is 11.6 Å². The molecular formula is C13H12F2N2O2. The van der Waals surface area contributed by atoms with Gasteiger partial charge in [0.25, 0.3) is 0 Å². The highest BCUT2D eigenvalue weighted by molar-refractivity contribution is 5.89. The lowest BCUT2D eigenvalue weighted by Crippen LogP contribution is -2.09. The monoisotopic (exact) mass is 266 g/mol. The van der Waals surface area contributed by atoms with Crippen molar-refractivity contribution in [3.8, 4) is 0 Å². The maximum Gasteiger partial charge on any atom is 0.355 e. The first-order chi connectivity index (χ1) is 8.97. The van der Waals surface area contributed by atoms with Crippen LogP contribution in [-0.2, 0) is 18.4 Å². The fourth-order valence-corrected chi connectivity index (χ4v) is 1.65. The van der Waals surface area contributed by atoms with Crippen LogP contribution >= 0.6 is 0 Å². The van der Waals surface area contributed by atoms with Crippen molar-refractivity contribution in [2.24, 2.45) is 7.05 Å². The first-order valence-electron chi connectivity index (χ1n) is 5.50. The fourth-order valence-electron chi connectivity index (χ4n) is 1.65.